The maximum absolute atomic E-state index is 13.4. The minimum atomic E-state index is -1.24. The lowest BCUT2D eigenvalue weighted by atomic mass is 9.55. The van der Waals surface area contributed by atoms with Crippen molar-refractivity contribution in [1.82, 2.24) is 0 Å². The molecule has 2 nitrogen and oxygen atoms in total. The van der Waals surface area contributed by atoms with Crippen molar-refractivity contribution in [3.8, 4) is 0 Å². The highest BCUT2D eigenvalue weighted by atomic mass is 32.2. The first kappa shape index (κ1) is 17.5. The molecule has 0 spiro atoms. The normalized spacial score (nSPS) is 35.9. The van der Waals surface area contributed by atoms with Crippen molar-refractivity contribution < 1.29 is 9.35 Å². The fraction of sp³-hybridized carbons (Fsp3) is 0.458. The topological polar surface area (TPSA) is 40.1 Å². The minimum absolute atomic E-state index is 0.256. The molecule has 5 rings (SSSR count). The van der Waals surface area contributed by atoms with E-state index < -0.39 is 11.2 Å². The molecular formula is C24H26O2S. The van der Waals surface area contributed by atoms with Gasteiger partial charge in [0, 0.05) is 11.8 Å². The number of rotatable bonds is 2. The van der Waals surface area contributed by atoms with Gasteiger partial charge in [-0.3, -0.25) is 4.79 Å². The van der Waals surface area contributed by atoms with Gasteiger partial charge in [-0.1, -0.05) is 49.4 Å². The Morgan fingerprint density at radius 1 is 1.04 bits per heavy atom. The van der Waals surface area contributed by atoms with Gasteiger partial charge in [-0.2, -0.15) is 0 Å². The second kappa shape index (κ2) is 6.49. The molecule has 0 radical (unpaired) electrons. The Balaban J connectivity index is 1.47. The van der Waals surface area contributed by atoms with Gasteiger partial charge in [0.05, 0.1) is 0 Å². The summed E-state index contributed by atoms with van der Waals surface area (Å²) in [5, 5.41) is -0.335. The third-order valence-electron chi connectivity index (χ3n) is 7.59. The van der Waals surface area contributed by atoms with Crippen LogP contribution in [0.1, 0.15) is 49.7 Å². The first-order valence-electron chi connectivity index (χ1n) is 10.2. The van der Waals surface area contributed by atoms with E-state index in [9.17, 15) is 9.35 Å². The number of carbonyl (C=O) groups is 1. The molecule has 140 valence electrons. The third kappa shape index (κ3) is 2.62. The predicted molar refractivity (Wildman–Crippen MR) is 108 cm³/mol. The number of Topliss-reactive ketones (excluding diaryl/α,β-unsaturated/α-hetero) is 1. The average molecular weight is 379 g/mol. The molecule has 0 bridgehead atoms. The molecule has 0 amide bonds. The van der Waals surface area contributed by atoms with Crippen molar-refractivity contribution in [1.29, 1.82) is 0 Å². The number of hydrogen-bond donors (Lipinski definition) is 0. The van der Waals surface area contributed by atoms with Gasteiger partial charge < -0.3 is 4.55 Å². The molecule has 2 aromatic rings. The van der Waals surface area contributed by atoms with E-state index in [1.807, 2.05) is 30.3 Å². The lowest BCUT2D eigenvalue weighted by molar-refractivity contribution is -0.129. The van der Waals surface area contributed by atoms with E-state index in [0.717, 1.165) is 30.6 Å². The fourth-order valence-electron chi connectivity index (χ4n) is 6.19. The molecule has 27 heavy (non-hydrogen) atoms. The smallest absolute Gasteiger partial charge is 0.191 e. The van der Waals surface area contributed by atoms with Crippen molar-refractivity contribution in [2.45, 2.75) is 55.1 Å². The average Bonchev–Trinajstić information content (AvgIpc) is 2.99. The van der Waals surface area contributed by atoms with E-state index in [2.05, 4.69) is 31.2 Å². The van der Waals surface area contributed by atoms with E-state index >= 15 is 0 Å². The first-order valence-corrected chi connectivity index (χ1v) is 11.4. The summed E-state index contributed by atoms with van der Waals surface area (Å²) in [6.45, 7) is 2.17. The van der Waals surface area contributed by atoms with Crippen LogP contribution in [-0.4, -0.2) is 15.6 Å². The summed E-state index contributed by atoms with van der Waals surface area (Å²) in [4.78, 5) is 14.2. The van der Waals surface area contributed by atoms with Gasteiger partial charge in [-0.25, -0.2) is 0 Å². The summed E-state index contributed by atoms with van der Waals surface area (Å²) in [5.41, 5.74) is 2.72. The monoisotopic (exact) mass is 378 g/mol. The largest absolute Gasteiger partial charge is 0.611 e. The van der Waals surface area contributed by atoms with Crippen LogP contribution in [0.2, 0.25) is 0 Å². The van der Waals surface area contributed by atoms with Crippen LogP contribution in [0.25, 0.3) is 0 Å². The Labute approximate surface area is 164 Å². The summed E-state index contributed by atoms with van der Waals surface area (Å²) in [6.07, 6.45) is 5.10. The number of hydrogen-bond acceptors (Lipinski definition) is 2. The van der Waals surface area contributed by atoms with Crippen LogP contribution < -0.4 is 0 Å². The molecule has 3 heteroatoms. The number of aryl methyl sites for hydroxylation is 1. The molecule has 3 aliphatic rings. The highest BCUT2D eigenvalue weighted by molar-refractivity contribution is 7.92. The van der Waals surface area contributed by atoms with E-state index in [1.165, 1.54) is 17.5 Å². The van der Waals surface area contributed by atoms with E-state index in [0.29, 0.717) is 17.8 Å². The number of ketones is 1. The lowest BCUT2D eigenvalue weighted by Crippen LogP contribution is -2.43. The van der Waals surface area contributed by atoms with Gasteiger partial charge in [-0.15, -0.1) is 0 Å². The molecule has 0 saturated heterocycles. The lowest BCUT2D eigenvalue weighted by Gasteiger charge is -2.47. The maximum Gasteiger partial charge on any atom is 0.191 e. The molecule has 2 saturated carbocycles. The van der Waals surface area contributed by atoms with Gasteiger partial charge in [0.25, 0.3) is 0 Å². The molecule has 0 aliphatic heterocycles. The van der Waals surface area contributed by atoms with E-state index in [4.69, 9.17) is 0 Å². The maximum atomic E-state index is 13.4. The van der Waals surface area contributed by atoms with Crippen LogP contribution in [0.3, 0.4) is 0 Å². The van der Waals surface area contributed by atoms with Gasteiger partial charge in [0.1, 0.15) is 0 Å². The molecule has 0 aromatic heterocycles. The molecule has 0 heterocycles. The quantitative estimate of drug-likeness (QED) is 0.698. The van der Waals surface area contributed by atoms with Gasteiger partial charge in [0.15, 0.2) is 15.9 Å². The molecule has 6 atom stereocenters. The van der Waals surface area contributed by atoms with Crippen LogP contribution >= 0.6 is 0 Å². The van der Waals surface area contributed by atoms with Crippen LogP contribution in [0, 0.1) is 17.3 Å². The second-order valence-corrected chi connectivity index (χ2v) is 10.4. The van der Waals surface area contributed by atoms with E-state index in [1.54, 1.807) is 0 Å². The minimum Gasteiger partial charge on any atom is -0.611 e. The zero-order chi connectivity index (χ0) is 18.6. The number of carbonyl (C=O) groups excluding carboxylic acids is 1. The molecule has 0 N–H and O–H groups in total. The second-order valence-electron chi connectivity index (χ2n) is 8.77. The van der Waals surface area contributed by atoms with Crippen molar-refractivity contribution in [2.75, 3.05) is 0 Å². The highest BCUT2D eigenvalue weighted by Crippen LogP contribution is 2.60. The summed E-state index contributed by atoms with van der Waals surface area (Å²) in [5.74, 6) is 1.76. The van der Waals surface area contributed by atoms with Gasteiger partial charge in [0.2, 0.25) is 0 Å². The fourth-order valence-corrected chi connectivity index (χ4v) is 7.79. The molecule has 2 fully saturated rings. The summed E-state index contributed by atoms with van der Waals surface area (Å²) in [7, 11) is 0. The third-order valence-corrected chi connectivity index (χ3v) is 9.25. The standard InChI is InChI=1S/C24H26O2S/c1-24-14-13-19-18-10-6-5-7-16(18)11-12-20(19)21(24)15-22(23(24)25)27(26)17-8-3-2-4-9-17/h2-10,19-22H,11-15H2,1H3/t19-,20-,21+,22?,24+,27?/m1/s1. The van der Waals surface area contributed by atoms with Gasteiger partial charge in [-0.05, 0) is 77.9 Å². The Morgan fingerprint density at radius 3 is 2.59 bits per heavy atom. The Hall–Kier alpha value is -1.58. The molecule has 3 aliphatic carbocycles. The Bertz CT molecular complexity index is 864. The summed E-state index contributed by atoms with van der Waals surface area (Å²) < 4.78 is 13.2. The van der Waals surface area contributed by atoms with Crippen LogP contribution in [0.4, 0.5) is 0 Å². The Kier molecular flexibility index (Phi) is 4.21. The zero-order valence-electron chi connectivity index (χ0n) is 15.8. The predicted octanol–water partition coefficient (Wildman–Crippen LogP) is 4.90. The first-order chi connectivity index (χ1) is 13.1. The molecule has 2 aromatic carbocycles. The van der Waals surface area contributed by atoms with Crippen molar-refractivity contribution in [3.63, 3.8) is 0 Å². The molecular weight excluding hydrogens is 352 g/mol. The van der Waals surface area contributed by atoms with Crippen molar-refractivity contribution >= 4 is 17.0 Å². The summed E-state index contributed by atoms with van der Waals surface area (Å²) in [6, 6.07) is 18.4. The van der Waals surface area contributed by atoms with Crippen LogP contribution in [0.5, 0.6) is 0 Å². The highest BCUT2D eigenvalue weighted by Gasteiger charge is 2.61. The van der Waals surface area contributed by atoms with Crippen molar-refractivity contribution in [3.05, 3.63) is 65.7 Å². The molecule has 2 unspecified atom stereocenters. The SMILES string of the molecule is C[C@]12CC[C@@H]3c4ccccc4CC[C@H]3[C@@H]1CC([S+]([O-])c1ccccc1)C2=O. The summed E-state index contributed by atoms with van der Waals surface area (Å²) >= 11 is -1.24. The van der Waals surface area contributed by atoms with Gasteiger partial charge >= 0.3 is 0 Å². The van der Waals surface area contributed by atoms with Crippen LogP contribution in [0.15, 0.2) is 59.5 Å². The Morgan fingerprint density at radius 2 is 1.78 bits per heavy atom. The van der Waals surface area contributed by atoms with Crippen molar-refractivity contribution in [2.24, 2.45) is 17.3 Å². The zero-order valence-corrected chi connectivity index (χ0v) is 16.6. The van der Waals surface area contributed by atoms with Crippen LogP contribution in [-0.2, 0) is 22.4 Å². The van der Waals surface area contributed by atoms with E-state index in [-0.39, 0.29) is 16.4 Å². The number of fused-ring (bicyclic) bond motifs is 5. The number of benzene rings is 2.